The summed E-state index contributed by atoms with van der Waals surface area (Å²) in [6.07, 6.45) is 11.0. The maximum absolute atomic E-state index is 11.6. The summed E-state index contributed by atoms with van der Waals surface area (Å²) in [6.45, 7) is 0. The third kappa shape index (κ3) is 2.03. The molecule has 0 aromatic carbocycles. The standard InChI is InChI=1S/C11H16O2/c1-3-7-11(10(12)13-2)8-5-4-6-9-11/h1H,4-9H2,2H3. The van der Waals surface area contributed by atoms with Gasteiger partial charge in [-0.25, -0.2) is 0 Å². The molecule has 13 heavy (non-hydrogen) atoms. The Morgan fingerprint density at radius 2 is 2.08 bits per heavy atom. The normalized spacial score (nSPS) is 20.3. The Kier molecular flexibility index (Phi) is 3.36. The number of methoxy groups -OCH3 is 1. The maximum atomic E-state index is 11.6. The van der Waals surface area contributed by atoms with E-state index in [1.54, 1.807) is 0 Å². The summed E-state index contributed by atoms with van der Waals surface area (Å²) in [7, 11) is 1.44. The van der Waals surface area contributed by atoms with Crippen molar-refractivity contribution in [1.82, 2.24) is 0 Å². The summed E-state index contributed by atoms with van der Waals surface area (Å²) >= 11 is 0. The molecule has 0 saturated heterocycles. The van der Waals surface area contributed by atoms with E-state index in [1.165, 1.54) is 13.5 Å². The minimum atomic E-state index is -0.359. The zero-order valence-electron chi connectivity index (χ0n) is 8.14. The fourth-order valence-corrected chi connectivity index (χ4v) is 2.09. The van der Waals surface area contributed by atoms with Gasteiger partial charge in [-0.15, -0.1) is 12.3 Å². The molecule has 0 heterocycles. The molecular formula is C11H16O2. The second-order valence-corrected chi connectivity index (χ2v) is 3.71. The second-order valence-electron chi connectivity index (χ2n) is 3.71. The average Bonchev–Trinajstić information content (AvgIpc) is 2.18. The number of esters is 1. The van der Waals surface area contributed by atoms with E-state index < -0.39 is 0 Å². The number of ether oxygens (including phenoxy) is 1. The monoisotopic (exact) mass is 180 g/mol. The Hall–Kier alpha value is -0.970. The first kappa shape index (κ1) is 10.1. The zero-order chi connectivity index (χ0) is 9.73. The molecule has 1 aliphatic carbocycles. The summed E-state index contributed by atoms with van der Waals surface area (Å²) in [6, 6.07) is 0. The highest BCUT2D eigenvalue weighted by Crippen LogP contribution is 2.39. The Morgan fingerprint density at radius 1 is 1.46 bits per heavy atom. The minimum absolute atomic E-state index is 0.120. The van der Waals surface area contributed by atoms with Crippen molar-refractivity contribution in [1.29, 1.82) is 0 Å². The number of rotatable bonds is 2. The van der Waals surface area contributed by atoms with Crippen molar-refractivity contribution in [3.63, 3.8) is 0 Å². The Morgan fingerprint density at radius 3 is 2.54 bits per heavy atom. The van der Waals surface area contributed by atoms with E-state index in [0.29, 0.717) is 6.42 Å². The van der Waals surface area contributed by atoms with Crippen LogP contribution in [0.4, 0.5) is 0 Å². The molecule has 1 saturated carbocycles. The molecule has 0 bridgehead atoms. The molecule has 1 rings (SSSR count). The molecule has 0 aromatic heterocycles. The van der Waals surface area contributed by atoms with Crippen LogP contribution in [-0.4, -0.2) is 13.1 Å². The van der Waals surface area contributed by atoms with Crippen molar-refractivity contribution in [3.8, 4) is 12.3 Å². The van der Waals surface area contributed by atoms with Crippen LogP contribution in [0.2, 0.25) is 0 Å². The average molecular weight is 180 g/mol. The lowest BCUT2D eigenvalue weighted by molar-refractivity contribution is -0.154. The first-order valence-corrected chi connectivity index (χ1v) is 4.77. The first-order chi connectivity index (χ1) is 6.25. The van der Waals surface area contributed by atoms with Gasteiger partial charge in [0.15, 0.2) is 0 Å². The van der Waals surface area contributed by atoms with Gasteiger partial charge in [0.2, 0.25) is 0 Å². The SMILES string of the molecule is C#CCC1(C(=O)OC)CCCCC1. The van der Waals surface area contributed by atoms with E-state index >= 15 is 0 Å². The predicted molar refractivity (Wildman–Crippen MR) is 51.0 cm³/mol. The molecule has 0 amide bonds. The van der Waals surface area contributed by atoms with Gasteiger partial charge in [-0.1, -0.05) is 19.3 Å². The largest absolute Gasteiger partial charge is 0.469 e. The molecule has 0 radical (unpaired) electrons. The molecule has 0 aromatic rings. The van der Waals surface area contributed by atoms with Gasteiger partial charge in [0.25, 0.3) is 0 Å². The van der Waals surface area contributed by atoms with Crippen LogP contribution in [0.1, 0.15) is 38.5 Å². The summed E-state index contributed by atoms with van der Waals surface area (Å²) in [5.74, 6) is 2.47. The third-order valence-corrected chi connectivity index (χ3v) is 2.87. The van der Waals surface area contributed by atoms with Gasteiger partial charge in [0.1, 0.15) is 0 Å². The molecular weight excluding hydrogens is 164 g/mol. The molecule has 72 valence electrons. The van der Waals surface area contributed by atoms with Crippen molar-refractivity contribution in [2.45, 2.75) is 38.5 Å². The molecule has 2 nitrogen and oxygen atoms in total. The number of carbonyl (C=O) groups excluding carboxylic acids is 1. The molecule has 0 atom stereocenters. The van der Waals surface area contributed by atoms with E-state index in [0.717, 1.165) is 25.7 Å². The van der Waals surface area contributed by atoms with Crippen molar-refractivity contribution in [2.75, 3.05) is 7.11 Å². The Labute approximate surface area is 79.7 Å². The van der Waals surface area contributed by atoms with Crippen molar-refractivity contribution in [3.05, 3.63) is 0 Å². The van der Waals surface area contributed by atoms with Gasteiger partial charge >= 0.3 is 5.97 Å². The highest BCUT2D eigenvalue weighted by atomic mass is 16.5. The highest BCUT2D eigenvalue weighted by Gasteiger charge is 2.39. The lowest BCUT2D eigenvalue weighted by atomic mass is 9.72. The molecule has 0 N–H and O–H groups in total. The van der Waals surface area contributed by atoms with Gasteiger partial charge in [-0.2, -0.15) is 0 Å². The maximum Gasteiger partial charge on any atom is 0.312 e. The fourth-order valence-electron chi connectivity index (χ4n) is 2.09. The highest BCUT2D eigenvalue weighted by molar-refractivity contribution is 5.77. The molecule has 0 unspecified atom stereocenters. The summed E-state index contributed by atoms with van der Waals surface area (Å²) in [5.41, 5.74) is -0.359. The van der Waals surface area contributed by atoms with Gasteiger partial charge in [0, 0.05) is 6.42 Å². The van der Waals surface area contributed by atoms with Gasteiger partial charge < -0.3 is 4.74 Å². The Balaban J connectivity index is 2.73. The van der Waals surface area contributed by atoms with Crippen LogP contribution >= 0.6 is 0 Å². The lowest BCUT2D eigenvalue weighted by Crippen LogP contribution is -2.34. The Bertz CT molecular complexity index is 219. The summed E-state index contributed by atoms with van der Waals surface area (Å²) < 4.78 is 4.81. The van der Waals surface area contributed by atoms with Gasteiger partial charge in [0.05, 0.1) is 12.5 Å². The molecule has 0 aliphatic heterocycles. The van der Waals surface area contributed by atoms with Crippen LogP contribution in [0.5, 0.6) is 0 Å². The fraction of sp³-hybridized carbons (Fsp3) is 0.727. The number of carbonyl (C=O) groups is 1. The smallest absolute Gasteiger partial charge is 0.312 e. The van der Waals surface area contributed by atoms with Crippen molar-refractivity contribution >= 4 is 5.97 Å². The summed E-state index contributed by atoms with van der Waals surface area (Å²) in [4.78, 5) is 11.6. The van der Waals surface area contributed by atoms with Crippen LogP contribution in [0.15, 0.2) is 0 Å². The van der Waals surface area contributed by atoms with E-state index in [1.807, 2.05) is 0 Å². The van der Waals surface area contributed by atoms with Crippen molar-refractivity contribution < 1.29 is 9.53 Å². The number of hydrogen-bond donors (Lipinski definition) is 0. The van der Waals surface area contributed by atoms with Gasteiger partial charge in [-0.05, 0) is 12.8 Å². The van der Waals surface area contributed by atoms with Crippen LogP contribution in [-0.2, 0) is 9.53 Å². The minimum Gasteiger partial charge on any atom is -0.469 e. The van der Waals surface area contributed by atoms with E-state index in [2.05, 4.69) is 5.92 Å². The zero-order valence-corrected chi connectivity index (χ0v) is 8.14. The topological polar surface area (TPSA) is 26.3 Å². The first-order valence-electron chi connectivity index (χ1n) is 4.77. The van der Waals surface area contributed by atoms with E-state index in [9.17, 15) is 4.79 Å². The van der Waals surface area contributed by atoms with Crippen LogP contribution in [0.25, 0.3) is 0 Å². The van der Waals surface area contributed by atoms with Gasteiger partial charge in [-0.3, -0.25) is 4.79 Å². The molecule has 2 heteroatoms. The number of hydrogen-bond acceptors (Lipinski definition) is 2. The lowest BCUT2D eigenvalue weighted by Gasteiger charge is -2.32. The molecule has 1 fully saturated rings. The third-order valence-electron chi connectivity index (χ3n) is 2.87. The molecule has 1 aliphatic rings. The van der Waals surface area contributed by atoms with E-state index in [-0.39, 0.29) is 11.4 Å². The molecule has 0 spiro atoms. The van der Waals surface area contributed by atoms with Crippen LogP contribution < -0.4 is 0 Å². The quantitative estimate of drug-likeness (QED) is 0.480. The van der Waals surface area contributed by atoms with Crippen molar-refractivity contribution in [2.24, 2.45) is 5.41 Å². The van der Waals surface area contributed by atoms with E-state index in [4.69, 9.17) is 11.2 Å². The number of terminal acetylenes is 1. The second kappa shape index (κ2) is 4.32. The van der Waals surface area contributed by atoms with Crippen LogP contribution in [0.3, 0.4) is 0 Å². The summed E-state index contributed by atoms with van der Waals surface area (Å²) in [5, 5.41) is 0. The predicted octanol–water partition coefficient (Wildman–Crippen LogP) is 2.13. The van der Waals surface area contributed by atoms with Crippen LogP contribution in [0, 0.1) is 17.8 Å².